The van der Waals surface area contributed by atoms with E-state index in [2.05, 4.69) is 4.90 Å². The number of ether oxygens (including phenoxy) is 8. The van der Waals surface area contributed by atoms with Gasteiger partial charge in [-0.1, -0.05) is 79.8 Å². The topological polar surface area (TPSA) is 310 Å². The number of carbonyl (C=O) groups excluding carboxylic acids is 2. The van der Waals surface area contributed by atoms with Gasteiger partial charge in [-0.15, -0.1) is 0 Å². The zero-order chi connectivity index (χ0) is 64.5. The molecule has 3 saturated heterocycles. The quantitative estimate of drug-likeness (QED) is 0.0452. The van der Waals surface area contributed by atoms with E-state index >= 15 is 0 Å². The van der Waals surface area contributed by atoms with Gasteiger partial charge in [0.25, 0.3) is 0 Å². The van der Waals surface area contributed by atoms with Crippen LogP contribution in [0.25, 0.3) is 21.5 Å². The van der Waals surface area contributed by atoms with Gasteiger partial charge in [0.05, 0.1) is 54.7 Å². The summed E-state index contributed by atoms with van der Waals surface area (Å²) < 4.78 is 50.0. The molecule has 0 unspecified atom stereocenters. The third kappa shape index (κ3) is 16.7. The Labute approximate surface area is 514 Å². The minimum absolute atomic E-state index is 0.00885. The molecule has 0 radical (unpaired) electrons. The van der Waals surface area contributed by atoms with Crippen molar-refractivity contribution < 1.29 is 97.9 Å². The van der Waals surface area contributed by atoms with E-state index in [4.69, 9.17) is 37.9 Å². The smallest absolute Gasteiger partial charge is 0.339 e. The first-order valence-electron chi connectivity index (χ1n) is 30.1. The maximum atomic E-state index is 13.1. The first kappa shape index (κ1) is 69.5. The van der Waals surface area contributed by atoms with E-state index < -0.39 is 133 Å². The monoisotopic (exact) mass is 1230 g/mol. The van der Waals surface area contributed by atoms with Crippen LogP contribution in [0.2, 0.25) is 0 Å². The molecule has 4 aromatic carbocycles. The molecule has 484 valence electrons. The van der Waals surface area contributed by atoms with Gasteiger partial charge in [-0.2, -0.15) is 0 Å². The largest absolute Gasteiger partial charge is 0.507 e. The Hall–Kier alpha value is -5.96. The number of allylic oxidation sites excluding steroid dienone is 2. The van der Waals surface area contributed by atoms with Gasteiger partial charge < -0.3 is 93.3 Å². The molecule has 0 bridgehead atoms. The second-order valence-electron chi connectivity index (χ2n) is 24.5. The summed E-state index contributed by atoms with van der Waals surface area (Å²) in [4.78, 5) is 52.7. The third-order valence-electron chi connectivity index (χ3n) is 17.4. The average molecular weight is 1230 g/mol. The van der Waals surface area contributed by atoms with E-state index in [-0.39, 0.29) is 48.5 Å². The lowest BCUT2D eigenvalue weighted by atomic mass is 9.82. The second-order valence-corrected chi connectivity index (χ2v) is 24.5. The first-order chi connectivity index (χ1) is 41.6. The predicted molar refractivity (Wildman–Crippen MR) is 325 cm³/mol. The van der Waals surface area contributed by atoms with Crippen molar-refractivity contribution in [1.29, 1.82) is 0 Å². The Morgan fingerprint density at radius 3 is 1.86 bits per heavy atom. The standard InChI is InChI=1S/C43H74N2O14.C23H16O6/c1-24-21-29(19-20-46)39(59-42-37(49)36(45(9)10)38(27(4)56-42)58-35-23-43(6,51)41(50)28(5)55-35)40(52-11)31(47)22-33(48)53-25(2)15-13-12-14-16-32(24)57-34-18-17-30(44(7)8)26(3)54-34;24-20-16(14-7-3-1-5-12(14)9-18(20)22(26)27)11-17-15-8-4-2-6-13(15)10-19(21(17)25)23(28)29/h12-14,16,20,24-32,34-42,47,49-51H,15,17-19,21-23H2,1-11H3;1-10,24-25H,11H2,(H,26,27)(H,28,29)/t24-,25-,26-,27-,28+,29+,30+,31-,32+,34+,35+,36+,37-,38-,39+,40+,41+,42+,43-;/m1./s1. The van der Waals surface area contributed by atoms with E-state index in [1.165, 1.54) is 26.2 Å². The summed E-state index contributed by atoms with van der Waals surface area (Å²) >= 11 is 0. The van der Waals surface area contributed by atoms with Gasteiger partial charge in [0.2, 0.25) is 0 Å². The number of fused-ring (bicyclic) bond motifs is 2. The van der Waals surface area contributed by atoms with Crippen LogP contribution >= 0.6 is 0 Å². The highest BCUT2D eigenvalue weighted by molar-refractivity contribution is 6.02. The maximum Gasteiger partial charge on any atom is 0.339 e. The molecule has 4 heterocycles. The molecule has 22 heteroatoms. The number of hydrogen-bond donors (Lipinski definition) is 8. The van der Waals surface area contributed by atoms with Crippen molar-refractivity contribution in [2.75, 3.05) is 35.3 Å². The zero-order valence-electron chi connectivity index (χ0n) is 52.1. The molecular formula is C66H90N2O20. The predicted octanol–water partition coefficient (Wildman–Crippen LogP) is 6.72. The molecule has 4 aromatic rings. The van der Waals surface area contributed by atoms with Crippen LogP contribution in [0.5, 0.6) is 11.5 Å². The highest BCUT2D eigenvalue weighted by Crippen LogP contribution is 2.41. The molecule has 0 spiro atoms. The lowest BCUT2D eigenvalue weighted by molar-refractivity contribution is -0.344. The number of nitrogens with zero attached hydrogens (tertiary/aromatic N) is 2. The molecular weight excluding hydrogens is 1140 g/mol. The van der Waals surface area contributed by atoms with E-state index in [9.17, 15) is 60.0 Å². The van der Waals surface area contributed by atoms with Gasteiger partial charge >= 0.3 is 17.9 Å². The Kier molecular flexibility index (Phi) is 24.3. The number of esters is 1. The van der Waals surface area contributed by atoms with Crippen molar-refractivity contribution in [3.63, 3.8) is 0 Å². The minimum Gasteiger partial charge on any atom is -0.507 e. The highest BCUT2D eigenvalue weighted by Gasteiger charge is 2.52. The highest BCUT2D eigenvalue weighted by atomic mass is 16.7. The van der Waals surface area contributed by atoms with Crippen LogP contribution in [0, 0.1) is 11.8 Å². The number of carboxylic acid groups (broad SMARTS) is 2. The number of benzene rings is 4. The summed E-state index contributed by atoms with van der Waals surface area (Å²) in [6, 6.07) is 16.3. The fourth-order valence-electron chi connectivity index (χ4n) is 12.8. The number of aldehydes is 1. The normalized spacial score (nSPS) is 33.6. The number of aromatic carboxylic acids is 2. The van der Waals surface area contributed by atoms with Crippen LogP contribution in [-0.4, -0.2) is 214 Å². The number of hydrogen-bond acceptors (Lipinski definition) is 20. The summed E-state index contributed by atoms with van der Waals surface area (Å²) in [5.74, 6) is -4.82. The van der Waals surface area contributed by atoms with Gasteiger partial charge in [-0.3, -0.25) is 4.79 Å². The van der Waals surface area contributed by atoms with Gasteiger partial charge in [0.1, 0.15) is 59.4 Å². The van der Waals surface area contributed by atoms with Crippen molar-refractivity contribution >= 4 is 45.7 Å². The van der Waals surface area contributed by atoms with Gasteiger partial charge in [0, 0.05) is 50.0 Å². The lowest BCUT2D eigenvalue weighted by Gasteiger charge is -2.50. The molecule has 8 rings (SSSR count). The first-order valence-corrected chi connectivity index (χ1v) is 30.1. The number of aromatic hydroxyl groups is 2. The Morgan fingerprint density at radius 1 is 0.739 bits per heavy atom. The summed E-state index contributed by atoms with van der Waals surface area (Å²) in [5.41, 5.74) is -1.36. The fourth-order valence-corrected chi connectivity index (χ4v) is 12.8. The number of rotatable bonds is 15. The lowest BCUT2D eigenvalue weighted by Crippen LogP contribution is -2.65. The molecule has 22 nitrogen and oxygen atoms in total. The van der Waals surface area contributed by atoms with Crippen molar-refractivity contribution in [1.82, 2.24) is 9.80 Å². The SMILES string of the molecule is CO[C@@H]1[C@@H](O[C@@H]2O[C@H](C)[C@@H](O[C@H]3C[C@@](C)(O)[C@@H](O)[C@H](C)O3)[C@@H](N(C)C)[C@H]2O)[C@@H](CC=O)C[C@@H](C)[C@@H](O[C@H]2CC[C@H](N(C)C)[C@@H](C)O2)C=CC=CC[C@@H](C)OC(=O)C[C@H]1O.O=C(O)c1cc2ccccc2c(Cc2c(O)c(C(=O)O)cc3ccccc23)c1O. The molecule has 19 atom stereocenters. The summed E-state index contributed by atoms with van der Waals surface area (Å²) in [6.45, 7) is 10.8. The van der Waals surface area contributed by atoms with Crippen molar-refractivity contribution in [3.8, 4) is 11.5 Å². The van der Waals surface area contributed by atoms with E-state index in [1.54, 1.807) is 88.3 Å². The third-order valence-corrected chi connectivity index (χ3v) is 17.4. The Balaban J connectivity index is 0.000000315. The zero-order valence-corrected chi connectivity index (χ0v) is 52.1. The molecule has 0 amide bonds. The van der Waals surface area contributed by atoms with Crippen molar-refractivity contribution in [3.05, 3.63) is 107 Å². The summed E-state index contributed by atoms with van der Waals surface area (Å²) in [5, 5.41) is 87.9. The molecule has 8 N–H and O–H groups in total. The number of methoxy groups -OCH3 is 1. The summed E-state index contributed by atoms with van der Waals surface area (Å²) in [6.07, 6.45) is -1.60. The van der Waals surface area contributed by atoms with Gasteiger partial charge in [-0.25, -0.2) is 9.59 Å². The van der Waals surface area contributed by atoms with Crippen LogP contribution in [0.3, 0.4) is 0 Å². The van der Waals surface area contributed by atoms with E-state index in [1.807, 2.05) is 52.2 Å². The molecule has 0 saturated carbocycles. The van der Waals surface area contributed by atoms with Crippen LogP contribution in [0.4, 0.5) is 0 Å². The number of carbonyl (C=O) groups is 4. The van der Waals surface area contributed by atoms with Crippen LogP contribution in [-0.2, 0) is 53.9 Å². The molecule has 4 aliphatic heterocycles. The Bertz CT molecular complexity index is 2980. The fraction of sp³-hybridized carbons (Fsp3) is 0.576. The molecule has 88 heavy (non-hydrogen) atoms. The summed E-state index contributed by atoms with van der Waals surface area (Å²) in [7, 11) is 9.03. The number of aliphatic hydroxyl groups excluding tert-OH is 3. The molecule has 0 aliphatic carbocycles. The van der Waals surface area contributed by atoms with Crippen LogP contribution < -0.4 is 0 Å². The van der Waals surface area contributed by atoms with E-state index in [0.717, 1.165) is 12.7 Å². The second kappa shape index (κ2) is 30.7. The number of aliphatic hydroxyl groups is 4. The van der Waals surface area contributed by atoms with Gasteiger partial charge in [-0.05, 0) is 128 Å². The number of phenols is 2. The van der Waals surface area contributed by atoms with Crippen LogP contribution in [0.15, 0.2) is 85.0 Å². The number of carboxylic acids is 2. The van der Waals surface area contributed by atoms with Crippen molar-refractivity contribution in [2.45, 2.75) is 197 Å². The van der Waals surface area contributed by atoms with E-state index in [0.29, 0.717) is 51.9 Å². The molecule has 3 fully saturated rings. The Morgan fingerprint density at radius 2 is 1.33 bits per heavy atom. The number of cyclic esters (lactones) is 1. The van der Waals surface area contributed by atoms with Crippen LogP contribution in [0.1, 0.15) is 118 Å². The van der Waals surface area contributed by atoms with Gasteiger partial charge in [0.15, 0.2) is 18.9 Å². The minimum atomic E-state index is -1.47. The average Bonchev–Trinajstić information content (AvgIpc) is 2.19. The van der Waals surface area contributed by atoms with Crippen molar-refractivity contribution in [2.24, 2.45) is 11.8 Å². The molecule has 4 aliphatic rings. The maximum absolute atomic E-state index is 13.1. The number of likely N-dealkylation sites (N-methyl/N-ethyl adjacent to an activating group) is 2. The molecule has 0 aromatic heterocycles.